The summed E-state index contributed by atoms with van der Waals surface area (Å²) in [5.41, 5.74) is 0. The van der Waals surface area contributed by atoms with Crippen LogP contribution >= 0.6 is 0 Å². The van der Waals surface area contributed by atoms with Crippen molar-refractivity contribution in [3.8, 4) is 0 Å². The molecule has 0 aliphatic heterocycles. The SMILES string of the molecule is O[Si](O)(O)O.[AlH3].[CaH2].[CaH2].[CaH2]. The topological polar surface area (TPSA) is 80.9 Å². The van der Waals surface area contributed by atoms with E-state index in [9.17, 15) is 0 Å². The minimum absolute atomic E-state index is 0. The maximum absolute atomic E-state index is 7.33. The second-order valence-electron chi connectivity index (χ2n) is 0.600. The van der Waals surface area contributed by atoms with Gasteiger partial charge < -0.3 is 19.2 Å². The summed E-state index contributed by atoms with van der Waals surface area (Å²) in [5.74, 6) is 0. The standard InChI is InChI=1S/Al.3Ca.H4O4Si.9H/c;;;;1-5(2,3)4;;;;;;;;;/h;;;;1-4H;;;;;;;;;. The molecule has 0 saturated heterocycles. The van der Waals surface area contributed by atoms with Gasteiger partial charge in [0.05, 0.1) is 0 Å². The first-order valence-corrected chi connectivity index (χ1v) is 2.68. The number of rotatable bonds is 0. The van der Waals surface area contributed by atoms with E-state index in [1.807, 2.05) is 0 Å². The molecule has 0 amide bonds. The van der Waals surface area contributed by atoms with Crippen molar-refractivity contribution >= 4 is 140 Å². The van der Waals surface area contributed by atoms with Crippen molar-refractivity contribution in [2.45, 2.75) is 0 Å². The molecular formula is H13AlCa3O4Si. The van der Waals surface area contributed by atoms with Crippen LogP contribution in [0.2, 0.25) is 0 Å². The van der Waals surface area contributed by atoms with Crippen LogP contribution in [0.1, 0.15) is 0 Å². The van der Waals surface area contributed by atoms with Crippen LogP contribution in [0, 0.1) is 0 Å². The van der Waals surface area contributed by atoms with E-state index in [0.29, 0.717) is 0 Å². The quantitative estimate of drug-likeness (QED) is 0.323. The fraction of sp³-hybridized carbons (Fsp3) is 0. The van der Waals surface area contributed by atoms with Crippen LogP contribution in [-0.4, -0.2) is 159 Å². The van der Waals surface area contributed by atoms with Gasteiger partial charge in [-0.15, -0.1) is 0 Å². The van der Waals surface area contributed by atoms with E-state index in [1.54, 1.807) is 0 Å². The Kier molecular flexibility index (Phi) is 48.2. The zero-order valence-electron chi connectivity index (χ0n) is 2.29. The fourth-order valence-corrected chi connectivity index (χ4v) is 0. The summed E-state index contributed by atoms with van der Waals surface area (Å²) in [6.07, 6.45) is 0. The van der Waals surface area contributed by atoms with Crippen molar-refractivity contribution in [2.24, 2.45) is 0 Å². The van der Waals surface area contributed by atoms with Gasteiger partial charge in [0, 0.05) is 0 Å². The number of hydrogen-bond acceptors (Lipinski definition) is 4. The molecular weight excluding hydrogens is 239 g/mol. The van der Waals surface area contributed by atoms with Crippen molar-refractivity contribution in [3.05, 3.63) is 0 Å². The minimum atomic E-state index is -4.61. The van der Waals surface area contributed by atoms with Gasteiger partial charge in [-0.3, -0.25) is 0 Å². The summed E-state index contributed by atoms with van der Waals surface area (Å²) >= 11 is 0. The molecule has 0 bridgehead atoms. The van der Waals surface area contributed by atoms with Gasteiger partial charge >= 0.3 is 122 Å². The molecule has 0 aromatic heterocycles. The van der Waals surface area contributed by atoms with Crippen LogP contribution in [0.25, 0.3) is 0 Å². The molecule has 0 rings (SSSR count). The monoisotopic (exact) mass is 252 g/mol. The molecule has 4 N–H and O–H groups in total. The van der Waals surface area contributed by atoms with E-state index in [0.717, 1.165) is 0 Å². The van der Waals surface area contributed by atoms with Gasteiger partial charge in [0.1, 0.15) is 0 Å². The Balaban J connectivity index is -0.0000000133. The van der Waals surface area contributed by atoms with Crippen molar-refractivity contribution in [1.82, 2.24) is 0 Å². The average Bonchev–Trinajstić information content (AvgIpc) is 0.722. The molecule has 9 heavy (non-hydrogen) atoms. The van der Waals surface area contributed by atoms with E-state index < -0.39 is 9.05 Å². The third-order valence-corrected chi connectivity index (χ3v) is 0. The first kappa shape index (κ1) is 29.2. The molecule has 0 radical (unpaired) electrons. The summed E-state index contributed by atoms with van der Waals surface area (Å²) in [5, 5.41) is 0. The van der Waals surface area contributed by atoms with Gasteiger partial charge in [0.15, 0.2) is 17.4 Å². The first-order chi connectivity index (χ1) is 2.00. The van der Waals surface area contributed by atoms with Crippen LogP contribution in [0.3, 0.4) is 0 Å². The molecule has 0 aromatic carbocycles. The van der Waals surface area contributed by atoms with Crippen molar-refractivity contribution in [2.75, 3.05) is 0 Å². The van der Waals surface area contributed by atoms with Gasteiger partial charge in [-0.05, 0) is 0 Å². The third-order valence-electron chi connectivity index (χ3n) is 0. The second kappa shape index (κ2) is 14.9. The van der Waals surface area contributed by atoms with Crippen LogP contribution in [0.5, 0.6) is 0 Å². The molecule has 0 atom stereocenters. The molecule has 0 aromatic rings. The zero-order chi connectivity index (χ0) is 4.50. The second-order valence-corrected chi connectivity index (χ2v) is 1.80. The van der Waals surface area contributed by atoms with Gasteiger partial charge in [-0.2, -0.15) is 0 Å². The summed E-state index contributed by atoms with van der Waals surface area (Å²) < 4.78 is 0. The Morgan fingerprint density at radius 3 is 0.667 bits per heavy atom. The van der Waals surface area contributed by atoms with Gasteiger partial charge in [0.2, 0.25) is 0 Å². The Labute approximate surface area is 155 Å². The summed E-state index contributed by atoms with van der Waals surface area (Å²) in [6.45, 7) is 0. The molecule has 0 spiro atoms. The van der Waals surface area contributed by atoms with Crippen molar-refractivity contribution < 1.29 is 19.2 Å². The normalized spacial score (nSPS) is 6.67. The van der Waals surface area contributed by atoms with Crippen molar-refractivity contribution in [1.29, 1.82) is 0 Å². The van der Waals surface area contributed by atoms with E-state index in [2.05, 4.69) is 0 Å². The zero-order valence-corrected chi connectivity index (χ0v) is 3.29. The van der Waals surface area contributed by atoms with E-state index in [1.165, 1.54) is 0 Å². The van der Waals surface area contributed by atoms with Gasteiger partial charge in [0.25, 0.3) is 0 Å². The molecule has 0 fully saturated rings. The average molecular weight is 252 g/mol. The molecule has 0 unspecified atom stereocenters. The Hall–Kier alpha value is 4.37. The van der Waals surface area contributed by atoms with E-state index >= 15 is 0 Å². The Morgan fingerprint density at radius 2 is 0.667 bits per heavy atom. The summed E-state index contributed by atoms with van der Waals surface area (Å²) in [4.78, 5) is 29.3. The molecule has 9 heteroatoms. The predicted molar refractivity (Wildman–Crippen MR) is 50.2 cm³/mol. The molecule has 0 saturated carbocycles. The van der Waals surface area contributed by atoms with Crippen molar-refractivity contribution in [3.63, 3.8) is 0 Å². The molecule has 50 valence electrons. The van der Waals surface area contributed by atoms with E-state index in [4.69, 9.17) is 19.2 Å². The fourth-order valence-electron chi connectivity index (χ4n) is 0. The summed E-state index contributed by atoms with van der Waals surface area (Å²) in [6, 6.07) is 0. The molecule has 0 heterocycles. The third kappa shape index (κ3) is 69.7. The Bertz CT molecular complexity index is 31.3. The van der Waals surface area contributed by atoms with Crippen LogP contribution in [-0.2, 0) is 0 Å². The van der Waals surface area contributed by atoms with E-state index in [-0.39, 0.29) is 131 Å². The van der Waals surface area contributed by atoms with Crippen LogP contribution < -0.4 is 0 Å². The number of hydrogen-bond donors (Lipinski definition) is 4. The first-order valence-electron chi connectivity index (χ1n) is 0.894. The van der Waals surface area contributed by atoms with Gasteiger partial charge in [-0.25, -0.2) is 0 Å². The van der Waals surface area contributed by atoms with Crippen LogP contribution in [0.15, 0.2) is 0 Å². The maximum atomic E-state index is 7.33. The summed E-state index contributed by atoms with van der Waals surface area (Å²) in [7, 11) is -4.61. The Morgan fingerprint density at radius 1 is 0.667 bits per heavy atom. The molecule has 0 aliphatic rings. The van der Waals surface area contributed by atoms with Gasteiger partial charge in [-0.1, -0.05) is 0 Å². The van der Waals surface area contributed by atoms with Crippen LogP contribution in [0.4, 0.5) is 0 Å². The predicted octanol–water partition coefficient (Wildman–Crippen LogP) is -6.54. The molecule has 0 aliphatic carbocycles. The molecule has 4 nitrogen and oxygen atoms in total.